The minimum atomic E-state index is -0.945. The summed E-state index contributed by atoms with van der Waals surface area (Å²) in [5, 5.41) is 6.59. The van der Waals surface area contributed by atoms with Crippen LogP contribution in [0.5, 0.6) is 0 Å². The minimum absolute atomic E-state index is 0.0973. The molecule has 0 spiro atoms. The van der Waals surface area contributed by atoms with Gasteiger partial charge in [-0.2, -0.15) is 0 Å². The average Bonchev–Trinajstić information content (AvgIpc) is 3.11. The first-order valence-corrected chi connectivity index (χ1v) is 11.1. The third kappa shape index (κ3) is 5.36. The average molecular weight is 546 g/mol. The Bertz CT molecular complexity index is 1370. The number of carbonyl (C=O) groups is 3. The van der Waals surface area contributed by atoms with Crippen LogP contribution in [0.15, 0.2) is 77.3 Å². The Morgan fingerprint density at radius 2 is 1.45 bits per heavy atom. The number of hydrogen-bond donors (Lipinski definition) is 3. The molecule has 0 radical (unpaired) electrons. The van der Waals surface area contributed by atoms with E-state index in [1.165, 1.54) is 4.68 Å². The zero-order valence-electron chi connectivity index (χ0n) is 16.7. The monoisotopic (exact) mass is 544 g/mol. The Balaban J connectivity index is 1.64. The molecular weight excluding hydrogens is 531 g/mol. The van der Waals surface area contributed by atoms with Crippen LogP contribution in [0.25, 0.3) is 10.9 Å². The van der Waals surface area contributed by atoms with Crippen molar-refractivity contribution in [3.63, 3.8) is 0 Å². The van der Waals surface area contributed by atoms with Crippen LogP contribution < -0.4 is 16.1 Å². The Morgan fingerprint density at radius 3 is 2.15 bits per heavy atom. The van der Waals surface area contributed by atoms with Crippen molar-refractivity contribution in [1.82, 2.24) is 4.68 Å². The molecule has 1 aromatic heterocycles. The summed E-state index contributed by atoms with van der Waals surface area (Å²) in [6.07, 6.45) is 0. The number of benzene rings is 3. The van der Waals surface area contributed by atoms with Crippen molar-refractivity contribution in [3.8, 4) is 0 Å². The predicted molar refractivity (Wildman–Crippen MR) is 133 cm³/mol. The lowest BCUT2D eigenvalue weighted by molar-refractivity contribution is -0.133. The van der Waals surface area contributed by atoms with Gasteiger partial charge in [0.25, 0.3) is 5.91 Å². The van der Waals surface area contributed by atoms with Gasteiger partial charge in [-0.1, -0.05) is 57.3 Å². The van der Waals surface area contributed by atoms with Gasteiger partial charge < -0.3 is 10.6 Å². The fourth-order valence-corrected chi connectivity index (χ4v) is 4.06. The van der Waals surface area contributed by atoms with Crippen LogP contribution in [0.1, 0.15) is 10.5 Å². The Labute approximate surface area is 206 Å². The van der Waals surface area contributed by atoms with Crippen molar-refractivity contribution in [2.24, 2.45) is 0 Å². The predicted octanol–water partition coefficient (Wildman–Crippen LogP) is 5.67. The first-order valence-electron chi connectivity index (χ1n) is 9.56. The third-order valence-corrected chi connectivity index (χ3v) is 5.50. The third-order valence-electron chi connectivity index (χ3n) is 4.57. The van der Waals surface area contributed by atoms with Crippen molar-refractivity contribution in [2.75, 3.05) is 16.1 Å². The maximum atomic E-state index is 13.1. The van der Waals surface area contributed by atoms with E-state index in [4.69, 9.17) is 23.2 Å². The van der Waals surface area contributed by atoms with Gasteiger partial charge in [0, 0.05) is 31.3 Å². The standard InChI is InChI=1S/C23H15BrCl2N4O3/c24-14-6-7-19-13(8-14)9-20(21(31)28-18-11-15(25)10-16(26)12-18)30(19)29-23(33)22(32)27-17-4-2-1-3-5-17/h1-12H,(H,27,32)(H,28,31)(H,29,33). The van der Waals surface area contributed by atoms with Gasteiger partial charge in [0.1, 0.15) is 5.69 Å². The molecule has 1 heterocycles. The van der Waals surface area contributed by atoms with Crippen LogP contribution in [-0.4, -0.2) is 22.4 Å². The molecule has 0 bridgehead atoms. The summed E-state index contributed by atoms with van der Waals surface area (Å²) >= 11 is 15.4. The maximum Gasteiger partial charge on any atom is 0.328 e. The molecule has 0 fully saturated rings. The molecular formula is C23H15BrCl2N4O3. The molecule has 7 nitrogen and oxygen atoms in total. The fraction of sp³-hybridized carbons (Fsp3) is 0. The van der Waals surface area contributed by atoms with Crippen molar-refractivity contribution in [3.05, 3.63) is 93.0 Å². The van der Waals surface area contributed by atoms with Gasteiger partial charge in [0.05, 0.1) is 5.52 Å². The summed E-state index contributed by atoms with van der Waals surface area (Å²) in [6.45, 7) is 0. The molecule has 0 aliphatic carbocycles. The minimum Gasteiger partial charge on any atom is -0.321 e. The topological polar surface area (TPSA) is 92.2 Å². The summed E-state index contributed by atoms with van der Waals surface area (Å²) < 4.78 is 2.05. The number of halogens is 3. The number of nitrogens with one attached hydrogen (secondary N) is 3. The van der Waals surface area contributed by atoms with E-state index in [9.17, 15) is 14.4 Å². The van der Waals surface area contributed by atoms with Gasteiger partial charge >= 0.3 is 11.8 Å². The molecule has 0 aliphatic rings. The van der Waals surface area contributed by atoms with Crippen LogP contribution in [0.3, 0.4) is 0 Å². The molecule has 10 heteroatoms. The lowest BCUT2D eigenvalue weighted by Gasteiger charge is -2.13. The van der Waals surface area contributed by atoms with E-state index < -0.39 is 17.7 Å². The van der Waals surface area contributed by atoms with Gasteiger partial charge in [0.15, 0.2) is 0 Å². The van der Waals surface area contributed by atoms with Gasteiger partial charge in [-0.3, -0.25) is 19.8 Å². The molecule has 0 saturated heterocycles. The molecule has 166 valence electrons. The first kappa shape index (κ1) is 22.8. The zero-order valence-corrected chi connectivity index (χ0v) is 19.8. The molecule has 3 N–H and O–H groups in total. The molecule has 0 unspecified atom stereocenters. The van der Waals surface area contributed by atoms with E-state index >= 15 is 0 Å². The van der Waals surface area contributed by atoms with Crippen molar-refractivity contribution < 1.29 is 14.4 Å². The summed E-state index contributed by atoms with van der Waals surface area (Å²) in [7, 11) is 0. The normalized spacial score (nSPS) is 10.6. The highest BCUT2D eigenvalue weighted by Gasteiger charge is 2.21. The molecule has 4 aromatic rings. The number of aromatic nitrogens is 1. The number of rotatable bonds is 4. The van der Waals surface area contributed by atoms with Gasteiger partial charge in [-0.05, 0) is 54.6 Å². The van der Waals surface area contributed by atoms with E-state index in [0.29, 0.717) is 32.3 Å². The Kier molecular flexibility index (Phi) is 6.69. The first-order chi connectivity index (χ1) is 15.8. The molecule has 0 aliphatic heterocycles. The summed E-state index contributed by atoms with van der Waals surface area (Å²) in [5.74, 6) is -2.36. The number of nitrogens with zero attached hydrogens (tertiary/aromatic N) is 1. The zero-order chi connectivity index (χ0) is 23.5. The lowest BCUT2D eigenvalue weighted by Crippen LogP contribution is -2.36. The van der Waals surface area contributed by atoms with Crippen LogP contribution in [-0.2, 0) is 9.59 Å². The van der Waals surface area contributed by atoms with Crippen LogP contribution in [0.4, 0.5) is 11.4 Å². The fourth-order valence-electron chi connectivity index (χ4n) is 3.16. The van der Waals surface area contributed by atoms with E-state index in [1.807, 2.05) is 0 Å². The number of para-hydroxylation sites is 1. The SMILES string of the molecule is O=C(Nc1ccccc1)C(=O)Nn1c(C(=O)Nc2cc(Cl)cc(Cl)c2)cc2cc(Br)ccc21. The molecule has 0 saturated carbocycles. The quantitative estimate of drug-likeness (QED) is 0.288. The highest BCUT2D eigenvalue weighted by Crippen LogP contribution is 2.26. The summed E-state index contributed by atoms with van der Waals surface area (Å²) in [6, 6.07) is 20.0. The highest BCUT2D eigenvalue weighted by atomic mass is 79.9. The molecule has 0 atom stereocenters. The second-order valence-corrected chi connectivity index (χ2v) is 8.73. The van der Waals surface area contributed by atoms with Crippen molar-refractivity contribution >= 4 is 79.1 Å². The van der Waals surface area contributed by atoms with Crippen LogP contribution in [0, 0.1) is 0 Å². The van der Waals surface area contributed by atoms with E-state index in [-0.39, 0.29) is 5.69 Å². The molecule has 3 aromatic carbocycles. The number of anilines is 2. The largest absolute Gasteiger partial charge is 0.328 e. The van der Waals surface area contributed by atoms with E-state index in [1.54, 1.807) is 72.8 Å². The van der Waals surface area contributed by atoms with Gasteiger partial charge in [0.2, 0.25) is 0 Å². The highest BCUT2D eigenvalue weighted by molar-refractivity contribution is 9.10. The second-order valence-electron chi connectivity index (χ2n) is 6.94. The number of hydrogen-bond acceptors (Lipinski definition) is 3. The Morgan fingerprint density at radius 1 is 0.758 bits per heavy atom. The van der Waals surface area contributed by atoms with E-state index in [2.05, 4.69) is 32.0 Å². The molecule has 33 heavy (non-hydrogen) atoms. The number of fused-ring (bicyclic) bond motifs is 1. The van der Waals surface area contributed by atoms with Crippen LogP contribution in [0.2, 0.25) is 10.0 Å². The second kappa shape index (κ2) is 9.66. The van der Waals surface area contributed by atoms with Crippen molar-refractivity contribution in [2.45, 2.75) is 0 Å². The number of carbonyl (C=O) groups excluding carboxylic acids is 3. The van der Waals surface area contributed by atoms with E-state index in [0.717, 1.165) is 4.47 Å². The van der Waals surface area contributed by atoms with Crippen LogP contribution >= 0.6 is 39.1 Å². The molecule has 4 rings (SSSR count). The van der Waals surface area contributed by atoms with Crippen molar-refractivity contribution in [1.29, 1.82) is 0 Å². The Hall–Kier alpha value is -3.33. The lowest BCUT2D eigenvalue weighted by atomic mass is 10.2. The number of amides is 3. The van der Waals surface area contributed by atoms with Gasteiger partial charge in [-0.25, -0.2) is 4.68 Å². The van der Waals surface area contributed by atoms with Gasteiger partial charge in [-0.15, -0.1) is 0 Å². The summed E-state index contributed by atoms with van der Waals surface area (Å²) in [5.41, 5.74) is 3.96. The molecule has 3 amide bonds. The smallest absolute Gasteiger partial charge is 0.321 e. The summed E-state index contributed by atoms with van der Waals surface area (Å²) in [4.78, 5) is 38.1. The maximum absolute atomic E-state index is 13.1.